The summed E-state index contributed by atoms with van der Waals surface area (Å²) < 4.78 is 13.9. The Morgan fingerprint density at radius 2 is 2.21 bits per heavy atom. The molecule has 0 spiro atoms. The van der Waals surface area contributed by atoms with Crippen LogP contribution in [0.5, 0.6) is 0 Å². The van der Waals surface area contributed by atoms with Crippen LogP contribution in [0.3, 0.4) is 0 Å². The Morgan fingerprint density at radius 1 is 1.42 bits per heavy atom. The standard InChI is InChI=1S/C14H17BrFNO2/c15-11-4-9(5-12(16)7-11)8-17-13-3-1-2-10(6-13)14(18)19/h4-5,7,10,13,17H,1-3,6,8H2,(H,18,19). The van der Waals surface area contributed by atoms with E-state index in [1.807, 2.05) is 6.07 Å². The highest BCUT2D eigenvalue weighted by molar-refractivity contribution is 9.10. The number of carboxylic acid groups (broad SMARTS) is 1. The van der Waals surface area contributed by atoms with Gasteiger partial charge in [0.15, 0.2) is 0 Å². The van der Waals surface area contributed by atoms with Crippen molar-refractivity contribution in [2.24, 2.45) is 5.92 Å². The van der Waals surface area contributed by atoms with Crippen LogP contribution < -0.4 is 5.32 Å². The number of aliphatic carboxylic acids is 1. The van der Waals surface area contributed by atoms with Gasteiger partial charge in [-0.15, -0.1) is 0 Å². The molecule has 3 nitrogen and oxygen atoms in total. The summed E-state index contributed by atoms with van der Waals surface area (Å²) in [6.07, 6.45) is 3.34. The van der Waals surface area contributed by atoms with Crippen LogP contribution in [0.4, 0.5) is 4.39 Å². The molecule has 2 unspecified atom stereocenters. The van der Waals surface area contributed by atoms with Gasteiger partial charge in [0.1, 0.15) is 5.82 Å². The molecule has 0 heterocycles. The largest absolute Gasteiger partial charge is 0.481 e. The quantitative estimate of drug-likeness (QED) is 0.890. The fraction of sp³-hybridized carbons (Fsp3) is 0.500. The highest BCUT2D eigenvalue weighted by atomic mass is 79.9. The molecular weight excluding hydrogens is 313 g/mol. The van der Waals surface area contributed by atoms with Crippen LogP contribution in [0, 0.1) is 11.7 Å². The Kier molecular flexibility index (Phi) is 4.93. The Labute approximate surface area is 120 Å². The third kappa shape index (κ3) is 4.28. The second-order valence-corrected chi connectivity index (χ2v) is 5.97. The van der Waals surface area contributed by atoms with Gasteiger partial charge < -0.3 is 10.4 Å². The normalized spacial score (nSPS) is 23.3. The molecule has 2 N–H and O–H groups in total. The van der Waals surface area contributed by atoms with E-state index < -0.39 is 5.97 Å². The molecule has 5 heteroatoms. The summed E-state index contributed by atoms with van der Waals surface area (Å²) in [6.45, 7) is 0.563. The van der Waals surface area contributed by atoms with Gasteiger partial charge in [-0.2, -0.15) is 0 Å². The van der Waals surface area contributed by atoms with E-state index in [2.05, 4.69) is 21.2 Å². The van der Waals surface area contributed by atoms with Gasteiger partial charge in [0.2, 0.25) is 0 Å². The maximum absolute atomic E-state index is 13.2. The zero-order chi connectivity index (χ0) is 13.8. The second-order valence-electron chi connectivity index (χ2n) is 5.06. The van der Waals surface area contributed by atoms with E-state index in [1.54, 1.807) is 0 Å². The van der Waals surface area contributed by atoms with Crippen LogP contribution in [0.2, 0.25) is 0 Å². The molecule has 104 valence electrons. The maximum Gasteiger partial charge on any atom is 0.306 e. The number of hydrogen-bond acceptors (Lipinski definition) is 2. The Morgan fingerprint density at radius 3 is 2.89 bits per heavy atom. The summed E-state index contributed by atoms with van der Waals surface area (Å²) in [6, 6.07) is 4.99. The van der Waals surface area contributed by atoms with Gasteiger partial charge >= 0.3 is 5.97 Å². The molecule has 1 aromatic rings. The van der Waals surface area contributed by atoms with E-state index in [4.69, 9.17) is 5.11 Å². The molecule has 0 amide bonds. The molecule has 2 rings (SSSR count). The summed E-state index contributed by atoms with van der Waals surface area (Å²) in [5.41, 5.74) is 0.865. The molecule has 0 saturated heterocycles. The molecule has 1 saturated carbocycles. The van der Waals surface area contributed by atoms with Gasteiger partial charge in [0, 0.05) is 17.1 Å². The maximum atomic E-state index is 13.2. The van der Waals surface area contributed by atoms with Crippen LogP contribution in [0.1, 0.15) is 31.2 Å². The highest BCUT2D eigenvalue weighted by Crippen LogP contribution is 2.25. The molecule has 0 aromatic heterocycles. The molecule has 1 aliphatic carbocycles. The van der Waals surface area contributed by atoms with E-state index in [0.29, 0.717) is 13.0 Å². The van der Waals surface area contributed by atoms with Crippen molar-refractivity contribution in [3.63, 3.8) is 0 Å². The molecule has 0 radical (unpaired) electrons. The van der Waals surface area contributed by atoms with Crippen molar-refractivity contribution in [2.75, 3.05) is 0 Å². The zero-order valence-electron chi connectivity index (χ0n) is 10.5. The van der Waals surface area contributed by atoms with Crippen molar-refractivity contribution in [2.45, 2.75) is 38.3 Å². The molecule has 1 aliphatic rings. The van der Waals surface area contributed by atoms with Crippen LogP contribution >= 0.6 is 15.9 Å². The summed E-state index contributed by atoms with van der Waals surface area (Å²) in [5.74, 6) is -1.22. The zero-order valence-corrected chi connectivity index (χ0v) is 12.1. The SMILES string of the molecule is O=C(O)C1CCCC(NCc2cc(F)cc(Br)c2)C1. The van der Waals surface area contributed by atoms with Crippen molar-refractivity contribution in [1.29, 1.82) is 0 Å². The van der Waals surface area contributed by atoms with Gasteiger partial charge in [-0.1, -0.05) is 22.4 Å². The number of carboxylic acids is 1. The van der Waals surface area contributed by atoms with Crippen LogP contribution in [-0.2, 0) is 11.3 Å². The van der Waals surface area contributed by atoms with Crippen molar-refractivity contribution >= 4 is 21.9 Å². The van der Waals surface area contributed by atoms with Gasteiger partial charge in [-0.25, -0.2) is 4.39 Å². The first kappa shape index (κ1) is 14.5. The summed E-state index contributed by atoms with van der Waals surface area (Å²) in [5, 5.41) is 12.4. The lowest BCUT2D eigenvalue weighted by molar-refractivity contribution is -0.143. The minimum absolute atomic E-state index is 0.205. The van der Waals surface area contributed by atoms with E-state index in [0.717, 1.165) is 29.3 Å². The molecule has 19 heavy (non-hydrogen) atoms. The lowest BCUT2D eigenvalue weighted by Gasteiger charge is -2.27. The lowest BCUT2D eigenvalue weighted by atomic mass is 9.86. The minimum Gasteiger partial charge on any atom is -0.481 e. The number of carbonyl (C=O) groups is 1. The van der Waals surface area contributed by atoms with E-state index >= 15 is 0 Å². The monoisotopic (exact) mass is 329 g/mol. The number of hydrogen-bond donors (Lipinski definition) is 2. The van der Waals surface area contributed by atoms with Crippen molar-refractivity contribution in [3.05, 3.63) is 34.1 Å². The molecular formula is C14H17BrFNO2. The predicted molar refractivity (Wildman–Crippen MR) is 74.3 cm³/mol. The number of nitrogens with one attached hydrogen (secondary N) is 1. The summed E-state index contributed by atoms with van der Waals surface area (Å²) in [4.78, 5) is 11.0. The molecule has 2 atom stereocenters. The minimum atomic E-state index is -0.708. The Hall–Kier alpha value is -0.940. The Bertz CT molecular complexity index is 447. The van der Waals surface area contributed by atoms with Gasteiger partial charge in [-0.05, 0) is 43.0 Å². The average Bonchev–Trinajstić information content (AvgIpc) is 2.35. The molecule has 1 aromatic carbocycles. The second kappa shape index (κ2) is 6.48. The number of rotatable bonds is 4. The van der Waals surface area contributed by atoms with Gasteiger partial charge in [-0.3, -0.25) is 4.79 Å². The predicted octanol–water partition coefficient (Wildman–Crippen LogP) is 3.32. The summed E-state index contributed by atoms with van der Waals surface area (Å²) >= 11 is 3.26. The average molecular weight is 330 g/mol. The van der Waals surface area contributed by atoms with Gasteiger partial charge in [0.25, 0.3) is 0 Å². The first-order valence-corrected chi connectivity index (χ1v) is 7.25. The molecule has 0 bridgehead atoms. The lowest BCUT2D eigenvalue weighted by Crippen LogP contribution is -2.36. The molecule has 1 fully saturated rings. The van der Waals surface area contributed by atoms with E-state index in [1.165, 1.54) is 12.1 Å². The van der Waals surface area contributed by atoms with Crippen LogP contribution in [0.25, 0.3) is 0 Å². The Balaban J connectivity index is 1.89. The van der Waals surface area contributed by atoms with E-state index in [9.17, 15) is 9.18 Å². The van der Waals surface area contributed by atoms with Crippen molar-refractivity contribution in [3.8, 4) is 0 Å². The third-order valence-electron chi connectivity index (χ3n) is 3.54. The van der Waals surface area contributed by atoms with E-state index in [-0.39, 0.29) is 17.8 Å². The van der Waals surface area contributed by atoms with Crippen molar-refractivity contribution in [1.82, 2.24) is 5.32 Å². The first-order chi connectivity index (χ1) is 9.04. The van der Waals surface area contributed by atoms with Gasteiger partial charge in [0.05, 0.1) is 5.92 Å². The topological polar surface area (TPSA) is 49.3 Å². The number of halogens is 2. The third-order valence-corrected chi connectivity index (χ3v) is 4.00. The van der Waals surface area contributed by atoms with Crippen molar-refractivity contribution < 1.29 is 14.3 Å². The highest BCUT2D eigenvalue weighted by Gasteiger charge is 2.26. The summed E-state index contributed by atoms with van der Waals surface area (Å²) in [7, 11) is 0. The fourth-order valence-corrected chi connectivity index (χ4v) is 3.09. The smallest absolute Gasteiger partial charge is 0.306 e. The fourth-order valence-electron chi connectivity index (χ4n) is 2.57. The van der Waals surface area contributed by atoms with Crippen LogP contribution in [-0.4, -0.2) is 17.1 Å². The first-order valence-electron chi connectivity index (χ1n) is 6.46. The molecule has 0 aliphatic heterocycles. The number of benzene rings is 1. The van der Waals surface area contributed by atoms with Crippen LogP contribution in [0.15, 0.2) is 22.7 Å².